The monoisotopic (exact) mass is 400 g/mol. The van der Waals surface area contributed by atoms with Gasteiger partial charge in [-0.25, -0.2) is 0 Å². The van der Waals surface area contributed by atoms with Crippen LogP contribution in [0.1, 0.15) is 0 Å². The minimum atomic E-state index is 0.330. The van der Waals surface area contributed by atoms with Crippen LogP contribution in [0.2, 0.25) is 0 Å². The first-order valence-electron chi connectivity index (χ1n) is 10.3. The van der Waals surface area contributed by atoms with Crippen molar-refractivity contribution >= 4 is 55.3 Å². The summed E-state index contributed by atoms with van der Waals surface area (Å²) in [6.45, 7) is 0. The number of allylic oxidation sites excluding steroid dienone is 1. The molecule has 6 rings (SSSR count). The summed E-state index contributed by atoms with van der Waals surface area (Å²) in [5.41, 5.74) is 10.7. The lowest BCUT2D eigenvalue weighted by atomic mass is 10.2. The Morgan fingerprint density at radius 2 is 0.871 bits per heavy atom. The molecule has 0 amide bonds. The van der Waals surface area contributed by atoms with E-state index in [-0.39, 0.29) is 0 Å². The molecule has 4 heteroatoms. The van der Waals surface area contributed by atoms with Gasteiger partial charge in [0.15, 0.2) is 0 Å². The topological polar surface area (TPSA) is 59.7 Å². The van der Waals surface area contributed by atoms with Gasteiger partial charge in [0.05, 0.1) is 22.1 Å². The molecule has 0 spiro atoms. The molecular formula is C27H20N4. The van der Waals surface area contributed by atoms with Crippen molar-refractivity contribution in [3.8, 4) is 0 Å². The number of nitrogens with one attached hydrogen (secondary N) is 1. The Kier molecular flexibility index (Phi) is 3.74. The molecule has 0 saturated heterocycles. The number of benzene rings is 4. The van der Waals surface area contributed by atoms with Crippen molar-refractivity contribution in [2.45, 2.75) is 0 Å². The fraction of sp³-hybridized carbons (Fsp3) is 0. The molecule has 0 atom stereocenters. The van der Waals surface area contributed by atoms with Crippen LogP contribution in [-0.2, 0) is 0 Å². The van der Waals surface area contributed by atoms with Gasteiger partial charge in [0.1, 0.15) is 11.7 Å². The summed E-state index contributed by atoms with van der Waals surface area (Å²) in [4.78, 5) is 0. The van der Waals surface area contributed by atoms with Crippen molar-refractivity contribution in [2.75, 3.05) is 0 Å². The minimum absolute atomic E-state index is 0.330. The standard InChI is InChI=1S/C27H20N4/c28-26(30-22-13-5-1-9-18(22)19-10-2-6-14-23(19)30)17-27(29)31-24-15-7-3-11-20(24)21-12-4-8-16-25(21)31/h1-17,28H,29H2/b27-17+,28-26?. The summed E-state index contributed by atoms with van der Waals surface area (Å²) < 4.78 is 4.00. The van der Waals surface area contributed by atoms with E-state index in [0.717, 1.165) is 43.6 Å². The zero-order chi connectivity index (χ0) is 20.9. The van der Waals surface area contributed by atoms with Gasteiger partial charge in [-0.05, 0) is 24.3 Å². The molecule has 0 radical (unpaired) electrons. The quantitative estimate of drug-likeness (QED) is 0.264. The van der Waals surface area contributed by atoms with E-state index < -0.39 is 0 Å². The fourth-order valence-electron chi connectivity index (χ4n) is 4.65. The van der Waals surface area contributed by atoms with Crippen LogP contribution in [0, 0.1) is 5.41 Å². The lowest BCUT2D eigenvalue weighted by Crippen LogP contribution is -2.13. The molecular weight excluding hydrogens is 380 g/mol. The minimum Gasteiger partial charge on any atom is -0.385 e. The fourth-order valence-corrected chi connectivity index (χ4v) is 4.65. The summed E-state index contributed by atoms with van der Waals surface area (Å²) in [5, 5.41) is 13.5. The van der Waals surface area contributed by atoms with Crippen LogP contribution in [0.4, 0.5) is 0 Å². The lowest BCUT2D eigenvalue weighted by Gasteiger charge is -2.10. The Bertz CT molecular complexity index is 1560. The lowest BCUT2D eigenvalue weighted by molar-refractivity contribution is 1.16. The third-order valence-electron chi connectivity index (χ3n) is 5.94. The van der Waals surface area contributed by atoms with Crippen LogP contribution in [0.5, 0.6) is 0 Å². The largest absolute Gasteiger partial charge is 0.385 e. The van der Waals surface area contributed by atoms with Crippen molar-refractivity contribution in [3.05, 3.63) is 103 Å². The Labute approximate surface area is 178 Å². The average molecular weight is 400 g/mol. The van der Waals surface area contributed by atoms with E-state index in [4.69, 9.17) is 11.1 Å². The molecule has 0 aliphatic heterocycles. The summed E-state index contributed by atoms with van der Waals surface area (Å²) in [5.74, 6) is 0.848. The van der Waals surface area contributed by atoms with Crippen LogP contribution < -0.4 is 5.73 Å². The molecule has 2 heterocycles. The number of aromatic nitrogens is 2. The summed E-state index contributed by atoms with van der Waals surface area (Å²) in [6.07, 6.45) is 1.75. The van der Waals surface area contributed by atoms with Crippen molar-refractivity contribution in [1.29, 1.82) is 5.41 Å². The second kappa shape index (κ2) is 6.61. The van der Waals surface area contributed by atoms with Crippen LogP contribution in [-0.4, -0.2) is 15.0 Å². The molecule has 3 N–H and O–H groups in total. The van der Waals surface area contributed by atoms with E-state index in [1.54, 1.807) is 6.08 Å². The highest BCUT2D eigenvalue weighted by atomic mass is 15.1. The zero-order valence-corrected chi connectivity index (χ0v) is 16.8. The predicted octanol–water partition coefficient (Wildman–Crippen LogP) is 6.19. The first kappa shape index (κ1) is 17.5. The molecule has 0 aliphatic rings. The number of nitrogens with zero attached hydrogens (tertiary/aromatic N) is 2. The molecule has 0 bridgehead atoms. The summed E-state index contributed by atoms with van der Waals surface area (Å²) in [7, 11) is 0. The maximum atomic E-state index is 8.95. The molecule has 148 valence electrons. The van der Waals surface area contributed by atoms with Gasteiger partial charge in [0.25, 0.3) is 0 Å². The van der Waals surface area contributed by atoms with E-state index >= 15 is 0 Å². The zero-order valence-electron chi connectivity index (χ0n) is 16.8. The third-order valence-corrected chi connectivity index (χ3v) is 5.94. The Morgan fingerprint density at radius 3 is 1.26 bits per heavy atom. The van der Waals surface area contributed by atoms with Crippen LogP contribution in [0.15, 0.2) is 103 Å². The maximum absolute atomic E-state index is 8.95. The van der Waals surface area contributed by atoms with E-state index in [9.17, 15) is 0 Å². The van der Waals surface area contributed by atoms with E-state index in [0.29, 0.717) is 11.7 Å². The summed E-state index contributed by atoms with van der Waals surface area (Å²) >= 11 is 0. The highest BCUT2D eigenvalue weighted by Gasteiger charge is 2.15. The smallest absolute Gasteiger partial charge is 0.133 e. The SMILES string of the molecule is N=C(/C=C(\N)n1c2ccccc2c2ccccc21)n1c2ccccc2c2ccccc21. The Hall–Kier alpha value is -4.31. The highest BCUT2D eigenvalue weighted by Crippen LogP contribution is 2.31. The number of hydrogen-bond donors (Lipinski definition) is 2. The van der Waals surface area contributed by atoms with Crippen molar-refractivity contribution < 1.29 is 0 Å². The van der Waals surface area contributed by atoms with E-state index in [1.807, 2.05) is 69.8 Å². The first-order valence-corrected chi connectivity index (χ1v) is 10.3. The number of para-hydroxylation sites is 4. The van der Waals surface area contributed by atoms with Crippen LogP contribution >= 0.6 is 0 Å². The first-order chi connectivity index (χ1) is 15.2. The van der Waals surface area contributed by atoms with Gasteiger partial charge in [-0.15, -0.1) is 0 Å². The van der Waals surface area contributed by atoms with Gasteiger partial charge in [0.2, 0.25) is 0 Å². The molecule has 0 unspecified atom stereocenters. The van der Waals surface area contributed by atoms with Crippen molar-refractivity contribution in [1.82, 2.24) is 9.13 Å². The van der Waals surface area contributed by atoms with Gasteiger partial charge in [0, 0.05) is 27.6 Å². The van der Waals surface area contributed by atoms with Gasteiger partial charge < -0.3 is 5.73 Å². The average Bonchev–Trinajstić information content (AvgIpc) is 3.32. The number of fused-ring (bicyclic) bond motifs is 6. The normalized spacial score (nSPS) is 12.3. The molecule has 0 aliphatic carbocycles. The predicted molar refractivity (Wildman–Crippen MR) is 130 cm³/mol. The van der Waals surface area contributed by atoms with E-state index in [1.165, 1.54) is 0 Å². The van der Waals surface area contributed by atoms with Gasteiger partial charge in [-0.1, -0.05) is 72.8 Å². The molecule has 0 fully saturated rings. The molecule has 4 aromatic carbocycles. The highest BCUT2D eigenvalue weighted by molar-refractivity contribution is 6.17. The number of rotatable bonds is 2. The molecule has 31 heavy (non-hydrogen) atoms. The Balaban J connectivity index is 1.59. The molecule has 0 saturated carbocycles. The van der Waals surface area contributed by atoms with Crippen LogP contribution in [0.3, 0.4) is 0 Å². The molecule has 6 aromatic rings. The second-order valence-corrected chi connectivity index (χ2v) is 7.69. The van der Waals surface area contributed by atoms with Gasteiger partial charge in [-0.3, -0.25) is 14.5 Å². The molecule has 2 aromatic heterocycles. The van der Waals surface area contributed by atoms with E-state index in [2.05, 4.69) is 36.4 Å². The van der Waals surface area contributed by atoms with Gasteiger partial charge in [-0.2, -0.15) is 0 Å². The number of nitrogens with two attached hydrogens (primary N) is 1. The van der Waals surface area contributed by atoms with Crippen LogP contribution in [0.25, 0.3) is 49.4 Å². The third kappa shape index (κ3) is 2.52. The summed E-state index contributed by atoms with van der Waals surface area (Å²) in [6, 6.07) is 32.8. The molecule has 4 nitrogen and oxygen atoms in total. The van der Waals surface area contributed by atoms with Crippen molar-refractivity contribution in [2.24, 2.45) is 5.73 Å². The van der Waals surface area contributed by atoms with Gasteiger partial charge >= 0.3 is 0 Å². The Morgan fingerprint density at radius 1 is 0.548 bits per heavy atom. The second-order valence-electron chi connectivity index (χ2n) is 7.69. The number of hydrogen-bond acceptors (Lipinski definition) is 2. The maximum Gasteiger partial charge on any atom is 0.133 e. The van der Waals surface area contributed by atoms with Crippen molar-refractivity contribution in [3.63, 3.8) is 0 Å².